The highest BCUT2D eigenvalue weighted by atomic mass is 15.0. The molecule has 54 heavy (non-hydrogen) atoms. The molecule has 0 spiro atoms. The molecule has 2 aromatic heterocycles. The lowest BCUT2D eigenvalue weighted by Crippen LogP contribution is -2.02. The average molecular weight is 687 g/mol. The van der Waals surface area contributed by atoms with Crippen molar-refractivity contribution in [3.8, 4) is 56.9 Å². The van der Waals surface area contributed by atoms with Gasteiger partial charge in [-0.25, -0.2) is 0 Å². The van der Waals surface area contributed by atoms with Crippen molar-refractivity contribution in [2.24, 2.45) is 0 Å². The maximum atomic E-state index is 9.78. The fourth-order valence-corrected chi connectivity index (χ4v) is 8.22. The van der Waals surface area contributed by atoms with Crippen LogP contribution in [0.4, 0.5) is 0 Å². The fraction of sp³-hybridized carbons (Fsp3) is 0. The first-order valence-corrected chi connectivity index (χ1v) is 18.0. The van der Waals surface area contributed by atoms with E-state index in [1.807, 2.05) is 36.4 Å². The number of nitrogens with zero attached hydrogens (tertiary/aromatic N) is 4. The molecule has 10 aromatic rings. The monoisotopic (exact) mass is 686 g/mol. The summed E-state index contributed by atoms with van der Waals surface area (Å²) >= 11 is 0. The summed E-state index contributed by atoms with van der Waals surface area (Å²) in [5, 5.41) is 23.9. The first kappa shape index (κ1) is 31.1. The summed E-state index contributed by atoms with van der Waals surface area (Å²) in [6.45, 7) is 0. The minimum atomic E-state index is 0.583. The van der Waals surface area contributed by atoms with Crippen LogP contribution in [0.1, 0.15) is 11.1 Å². The number of nitriles is 2. The van der Waals surface area contributed by atoms with E-state index in [0.29, 0.717) is 11.1 Å². The number of benzene rings is 8. The smallest absolute Gasteiger partial charge is 0.0991 e. The molecule has 8 aromatic carbocycles. The van der Waals surface area contributed by atoms with E-state index in [-0.39, 0.29) is 0 Å². The van der Waals surface area contributed by atoms with Crippen LogP contribution in [0.25, 0.3) is 88.4 Å². The Labute approximate surface area is 312 Å². The predicted octanol–water partition coefficient (Wildman–Crippen LogP) is 12.6. The molecule has 4 nitrogen and oxygen atoms in total. The molecule has 0 saturated carbocycles. The highest BCUT2D eigenvalue weighted by molar-refractivity contribution is 6.12. The van der Waals surface area contributed by atoms with Gasteiger partial charge in [-0.05, 0) is 82.9 Å². The summed E-state index contributed by atoms with van der Waals surface area (Å²) < 4.78 is 4.69. The summed E-state index contributed by atoms with van der Waals surface area (Å²) in [5.74, 6) is 0. The molecule has 0 atom stereocenters. The van der Waals surface area contributed by atoms with Crippen molar-refractivity contribution in [1.82, 2.24) is 9.13 Å². The van der Waals surface area contributed by atoms with Crippen molar-refractivity contribution >= 4 is 43.6 Å². The molecule has 0 unspecified atom stereocenters. The maximum Gasteiger partial charge on any atom is 0.0991 e. The van der Waals surface area contributed by atoms with Gasteiger partial charge in [0.15, 0.2) is 0 Å². The zero-order valence-corrected chi connectivity index (χ0v) is 29.1. The van der Waals surface area contributed by atoms with Gasteiger partial charge in [0.1, 0.15) is 0 Å². The number of para-hydroxylation sites is 3. The van der Waals surface area contributed by atoms with E-state index in [1.54, 1.807) is 0 Å². The Morgan fingerprint density at radius 2 is 0.833 bits per heavy atom. The average Bonchev–Trinajstić information content (AvgIpc) is 3.75. The van der Waals surface area contributed by atoms with Crippen molar-refractivity contribution in [3.05, 3.63) is 193 Å². The van der Waals surface area contributed by atoms with Gasteiger partial charge in [0.2, 0.25) is 0 Å². The largest absolute Gasteiger partial charge is 0.309 e. The summed E-state index contributed by atoms with van der Waals surface area (Å²) in [5.41, 5.74) is 14.3. The Morgan fingerprint density at radius 3 is 1.41 bits per heavy atom. The van der Waals surface area contributed by atoms with E-state index in [9.17, 15) is 10.5 Å². The highest BCUT2D eigenvalue weighted by Gasteiger charge is 2.22. The van der Waals surface area contributed by atoms with Gasteiger partial charge in [-0.1, -0.05) is 121 Å². The molecule has 4 heteroatoms. The Morgan fingerprint density at radius 1 is 0.333 bits per heavy atom. The van der Waals surface area contributed by atoms with E-state index in [1.165, 1.54) is 10.8 Å². The van der Waals surface area contributed by atoms with Gasteiger partial charge in [0, 0.05) is 38.4 Å². The third-order valence-electron chi connectivity index (χ3n) is 10.6. The Kier molecular flexibility index (Phi) is 7.22. The second-order valence-corrected chi connectivity index (χ2v) is 13.6. The highest BCUT2D eigenvalue weighted by Crippen LogP contribution is 2.45. The van der Waals surface area contributed by atoms with Crippen molar-refractivity contribution in [1.29, 1.82) is 10.5 Å². The topological polar surface area (TPSA) is 57.4 Å². The van der Waals surface area contributed by atoms with Crippen LogP contribution in [0.3, 0.4) is 0 Å². The molecule has 0 aliphatic rings. The Hall–Kier alpha value is -7.66. The van der Waals surface area contributed by atoms with Crippen LogP contribution in [-0.4, -0.2) is 9.13 Å². The lowest BCUT2D eigenvalue weighted by Gasteiger charge is -2.21. The van der Waals surface area contributed by atoms with Gasteiger partial charge in [-0.15, -0.1) is 0 Å². The van der Waals surface area contributed by atoms with Gasteiger partial charge in [0.25, 0.3) is 0 Å². The van der Waals surface area contributed by atoms with Gasteiger partial charge >= 0.3 is 0 Å². The van der Waals surface area contributed by atoms with Crippen molar-refractivity contribution in [2.45, 2.75) is 0 Å². The zero-order chi connectivity index (χ0) is 36.2. The van der Waals surface area contributed by atoms with E-state index in [4.69, 9.17) is 0 Å². The first-order chi connectivity index (χ1) is 26.7. The molecule has 250 valence electrons. The number of hydrogen-bond acceptors (Lipinski definition) is 2. The SMILES string of the molecule is N#Cc1ccc2c(c1)c1cc(C#N)ccc1n2-c1ccc(-c2cccc(-c3ccccc3)c2-n2c3ccccc3c3ccccc32)c(-c2ccccc2)c1. The predicted molar refractivity (Wildman–Crippen MR) is 221 cm³/mol. The molecule has 0 bridgehead atoms. The van der Waals surface area contributed by atoms with Crippen LogP contribution in [0.15, 0.2) is 182 Å². The lowest BCUT2D eigenvalue weighted by molar-refractivity contribution is 1.17. The van der Waals surface area contributed by atoms with E-state index < -0.39 is 0 Å². The number of aromatic nitrogens is 2. The van der Waals surface area contributed by atoms with Gasteiger partial charge in [0.05, 0.1) is 51.0 Å². The molecule has 0 amide bonds. The molecule has 0 fully saturated rings. The molecule has 10 rings (SSSR count). The number of fused-ring (bicyclic) bond motifs is 6. The minimum absolute atomic E-state index is 0.583. The van der Waals surface area contributed by atoms with Crippen LogP contribution in [0.2, 0.25) is 0 Å². The van der Waals surface area contributed by atoms with Crippen LogP contribution in [0.5, 0.6) is 0 Å². The second-order valence-electron chi connectivity index (χ2n) is 13.6. The summed E-state index contributed by atoms with van der Waals surface area (Å²) in [7, 11) is 0. The number of rotatable bonds is 5. The van der Waals surface area contributed by atoms with E-state index in [2.05, 4.69) is 167 Å². The van der Waals surface area contributed by atoms with E-state index >= 15 is 0 Å². The molecular weight excluding hydrogens is 657 g/mol. The third-order valence-corrected chi connectivity index (χ3v) is 10.6. The first-order valence-electron chi connectivity index (χ1n) is 18.0. The maximum absolute atomic E-state index is 9.78. The van der Waals surface area contributed by atoms with Crippen molar-refractivity contribution in [3.63, 3.8) is 0 Å². The zero-order valence-electron chi connectivity index (χ0n) is 29.1. The normalized spacial score (nSPS) is 11.3. The molecule has 0 N–H and O–H groups in total. The van der Waals surface area contributed by atoms with Gasteiger partial charge in [-0.2, -0.15) is 10.5 Å². The van der Waals surface area contributed by atoms with Crippen molar-refractivity contribution < 1.29 is 0 Å². The summed E-state index contributed by atoms with van der Waals surface area (Å²) in [6, 6.07) is 68.2. The Bertz CT molecular complexity index is 3050. The Balaban J connectivity index is 1.30. The quantitative estimate of drug-likeness (QED) is 0.181. The van der Waals surface area contributed by atoms with Crippen LogP contribution in [-0.2, 0) is 0 Å². The van der Waals surface area contributed by atoms with Crippen molar-refractivity contribution in [2.75, 3.05) is 0 Å². The number of hydrogen-bond donors (Lipinski definition) is 0. The van der Waals surface area contributed by atoms with Crippen LogP contribution < -0.4 is 0 Å². The molecule has 2 heterocycles. The van der Waals surface area contributed by atoms with Crippen LogP contribution >= 0.6 is 0 Å². The van der Waals surface area contributed by atoms with E-state index in [0.717, 1.165) is 77.6 Å². The molecule has 0 saturated heterocycles. The van der Waals surface area contributed by atoms with Gasteiger partial charge in [-0.3, -0.25) is 0 Å². The molecule has 0 radical (unpaired) electrons. The summed E-state index contributed by atoms with van der Waals surface area (Å²) in [6.07, 6.45) is 0. The summed E-state index contributed by atoms with van der Waals surface area (Å²) in [4.78, 5) is 0. The standard InChI is InChI=1S/C50H30N4/c51-31-33-22-26-48-44(28-33)45-29-34(32-52)23-27-49(45)53(48)37-24-25-39(43(30-37)36-14-5-2-6-15-36)42-19-11-18-38(35-12-3-1-4-13-35)50(42)54-46-20-9-7-16-40(46)41-17-8-10-21-47(41)54/h1-30H. The third kappa shape index (κ3) is 4.83. The van der Waals surface area contributed by atoms with Gasteiger partial charge < -0.3 is 9.13 Å². The minimum Gasteiger partial charge on any atom is -0.309 e. The molecule has 0 aliphatic heterocycles. The second kappa shape index (κ2) is 12.5. The fourth-order valence-electron chi connectivity index (χ4n) is 8.22. The molecule has 0 aliphatic carbocycles. The molecular formula is C50H30N4. The van der Waals surface area contributed by atoms with Crippen LogP contribution in [0, 0.1) is 22.7 Å². The lowest BCUT2D eigenvalue weighted by atomic mass is 9.90.